The molecule has 18 heavy (non-hydrogen) atoms. The number of benzene rings is 1. The molecule has 1 fully saturated rings. The molecule has 0 bridgehead atoms. The highest BCUT2D eigenvalue weighted by atomic mass is 19.1. The molecule has 0 radical (unpaired) electrons. The number of halogens is 1. The molecule has 5 nitrogen and oxygen atoms in total. The van der Waals surface area contributed by atoms with Crippen molar-refractivity contribution in [3.05, 3.63) is 23.5 Å². The molecular weight excluding hydrogens is 239 g/mol. The Bertz CT molecular complexity index is 475. The normalized spacial score (nSPS) is 14.6. The number of carboxylic acids is 1. The predicted octanol–water partition coefficient (Wildman–Crippen LogP) is 1.07. The Labute approximate surface area is 104 Å². The van der Waals surface area contributed by atoms with Gasteiger partial charge in [-0.05, 0) is 25.0 Å². The van der Waals surface area contributed by atoms with Crippen molar-refractivity contribution in [3.8, 4) is 0 Å². The van der Waals surface area contributed by atoms with Gasteiger partial charge in [0.2, 0.25) is 0 Å². The molecule has 0 aliphatic heterocycles. The van der Waals surface area contributed by atoms with E-state index in [4.69, 9.17) is 15.9 Å². The Kier molecular flexibility index (Phi) is 3.38. The van der Waals surface area contributed by atoms with Crippen molar-refractivity contribution in [1.29, 1.82) is 0 Å². The number of nitrogens with two attached hydrogens (primary N) is 1. The van der Waals surface area contributed by atoms with Crippen LogP contribution in [-0.2, 0) is 0 Å². The number of anilines is 2. The lowest BCUT2D eigenvalue weighted by Gasteiger charge is -2.26. The van der Waals surface area contributed by atoms with Gasteiger partial charge in [-0.1, -0.05) is 0 Å². The highest BCUT2D eigenvalue weighted by molar-refractivity contribution is 6.00. The van der Waals surface area contributed by atoms with Gasteiger partial charge in [-0.25, -0.2) is 9.18 Å². The second-order valence-electron chi connectivity index (χ2n) is 4.31. The Morgan fingerprint density at radius 2 is 2.17 bits per heavy atom. The van der Waals surface area contributed by atoms with Crippen molar-refractivity contribution in [2.24, 2.45) is 0 Å². The maximum atomic E-state index is 13.3. The van der Waals surface area contributed by atoms with Gasteiger partial charge < -0.3 is 20.8 Å². The number of aliphatic hydroxyl groups is 1. The standard InChI is InChI=1S/C12H15FN2O3/c13-8-3-4-9(10(11(8)14)12(17)18)15(5-6-16)7-1-2-7/h3-4,7,16H,1-2,5-6,14H2,(H,17,18). The summed E-state index contributed by atoms with van der Waals surface area (Å²) in [5, 5.41) is 18.2. The van der Waals surface area contributed by atoms with Crippen molar-refractivity contribution >= 4 is 17.3 Å². The van der Waals surface area contributed by atoms with E-state index >= 15 is 0 Å². The molecule has 98 valence electrons. The molecule has 1 saturated carbocycles. The highest BCUT2D eigenvalue weighted by Gasteiger charge is 2.32. The first-order chi connectivity index (χ1) is 8.56. The number of hydrogen-bond acceptors (Lipinski definition) is 4. The van der Waals surface area contributed by atoms with E-state index in [0.29, 0.717) is 12.2 Å². The zero-order chi connectivity index (χ0) is 13.3. The first-order valence-corrected chi connectivity index (χ1v) is 5.75. The van der Waals surface area contributed by atoms with Crippen LogP contribution in [0.15, 0.2) is 12.1 Å². The van der Waals surface area contributed by atoms with Gasteiger partial charge in [-0.15, -0.1) is 0 Å². The second kappa shape index (κ2) is 4.81. The summed E-state index contributed by atoms with van der Waals surface area (Å²) in [5.74, 6) is -2.00. The van der Waals surface area contributed by atoms with E-state index < -0.39 is 11.8 Å². The number of carboxylic acid groups (broad SMARTS) is 1. The smallest absolute Gasteiger partial charge is 0.340 e. The summed E-state index contributed by atoms with van der Waals surface area (Å²) in [4.78, 5) is 13.0. The summed E-state index contributed by atoms with van der Waals surface area (Å²) < 4.78 is 13.3. The summed E-state index contributed by atoms with van der Waals surface area (Å²) in [6.45, 7) is 0.225. The maximum absolute atomic E-state index is 13.3. The third kappa shape index (κ3) is 2.24. The quantitative estimate of drug-likeness (QED) is 0.684. The number of nitrogen functional groups attached to an aromatic ring is 1. The van der Waals surface area contributed by atoms with E-state index in [0.717, 1.165) is 18.9 Å². The molecule has 1 aliphatic carbocycles. The molecule has 0 unspecified atom stereocenters. The Morgan fingerprint density at radius 3 is 2.67 bits per heavy atom. The van der Waals surface area contributed by atoms with Crippen LogP contribution in [0.2, 0.25) is 0 Å². The molecule has 0 amide bonds. The van der Waals surface area contributed by atoms with E-state index in [1.807, 2.05) is 0 Å². The van der Waals surface area contributed by atoms with E-state index in [9.17, 15) is 9.18 Å². The molecule has 0 saturated heterocycles. The lowest BCUT2D eigenvalue weighted by Crippen LogP contribution is -2.30. The van der Waals surface area contributed by atoms with Crippen LogP contribution in [0.3, 0.4) is 0 Å². The minimum atomic E-state index is -1.26. The van der Waals surface area contributed by atoms with Crippen molar-refractivity contribution < 1.29 is 19.4 Å². The summed E-state index contributed by atoms with van der Waals surface area (Å²) in [5.41, 5.74) is 5.28. The molecule has 4 N–H and O–H groups in total. The number of aromatic carboxylic acids is 1. The molecule has 0 aromatic heterocycles. The SMILES string of the molecule is Nc1c(F)ccc(N(CCO)C2CC2)c1C(=O)O. The second-order valence-corrected chi connectivity index (χ2v) is 4.31. The Balaban J connectivity index is 2.47. The fourth-order valence-electron chi connectivity index (χ4n) is 2.04. The van der Waals surface area contributed by atoms with Gasteiger partial charge >= 0.3 is 5.97 Å². The average molecular weight is 254 g/mol. The largest absolute Gasteiger partial charge is 0.478 e. The number of hydrogen-bond donors (Lipinski definition) is 3. The van der Waals surface area contributed by atoms with Crippen molar-refractivity contribution in [2.75, 3.05) is 23.8 Å². The predicted molar refractivity (Wildman–Crippen MR) is 65.2 cm³/mol. The van der Waals surface area contributed by atoms with Gasteiger partial charge in [-0.2, -0.15) is 0 Å². The van der Waals surface area contributed by atoms with Gasteiger partial charge in [0.1, 0.15) is 11.4 Å². The van der Waals surface area contributed by atoms with E-state index in [-0.39, 0.29) is 23.9 Å². The topological polar surface area (TPSA) is 86.8 Å². The first-order valence-electron chi connectivity index (χ1n) is 5.75. The molecule has 1 aromatic carbocycles. The van der Waals surface area contributed by atoms with Crippen LogP contribution in [0, 0.1) is 5.82 Å². The zero-order valence-electron chi connectivity index (χ0n) is 9.77. The third-order valence-corrected chi connectivity index (χ3v) is 3.02. The molecule has 6 heteroatoms. The summed E-state index contributed by atoms with van der Waals surface area (Å²) in [6.07, 6.45) is 1.88. The number of nitrogens with zero attached hydrogens (tertiary/aromatic N) is 1. The number of aliphatic hydroxyl groups excluding tert-OH is 1. The van der Waals surface area contributed by atoms with Crippen molar-refractivity contribution in [2.45, 2.75) is 18.9 Å². The summed E-state index contributed by atoms with van der Waals surface area (Å²) in [7, 11) is 0. The molecule has 0 spiro atoms. The monoisotopic (exact) mass is 254 g/mol. The van der Waals surface area contributed by atoms with E-state index in [2.05, 4.69) is 0 Å². The van der Waals surface area contributed by atoms with Crippen molar-refractivity contribution in [1.82, 2.24) is 0 Å². The van der Waals surface area contributed by atoms with Crippen LogP contribution in [0.25, 0.3) is 0 Å². The lowest BCUT2D eigenvalue weighted by molar-refractivity contribution is 0.0698. The molecular formula is C12H15FN2O3. The molecule has 0 atom stereocenters. The van der Waals surface area contributed by atoms with Crippen LogP contribution in [-0.4, -0.2) is 35.4 Å². The number of rotatable bonds is 5. The molecule has 1 aliphatic rings. The average Bonchev–Trinajstić information content (AvgIpc) is 3.13. The van der Waals surface area contributed by atoms with E-state index in [1.54, 1.807) is 4.90 Å². The molecule has 1 aromatic rings. The summed E-state index contributed by atoms with van der Waals surface area (Å²) in [6, 6.07) is 2.77. The van der Waals surface area contributed by atoms with Crippen LogP contribution in [0.5, 0.6) is 0 Å². The maximum Gasteiger partial charge on any atom is 0.340 e. The number of carbonyl (C=O) groups is 1. The minimum Gasteiger partial charge on any atom is -0.478 e. The Hall–Kier alpha value is -1.82. The first kappa shape index (κ1) is 12.6. The van der Waals surface area contributed by atoms with Gasteiger partial charge in [0.15, 0.2) is 0 Å². The fraction of sp³-hybridized carbons (Fsp3) is 0.417. The Morgan fingerprint density at radius 1 is 1.50 bits per heavy atom. The van der Waals surface area contributed by atoms with Gasteiger partial charge in [0.05, 0.1) is 18.0 Å². The highest BCUT2D eigenvalue weighted by Crippen LogP contribution is 2.36. The molecule has 0 heterocycles. The third-order valence-electron chi connectivity index (χ3n) is 3.02. The van der Waals surface area contributed by atoms with E-state index in [1.165, 1.54) is 6.07 Å². The summed E-state index contributed by atoms with van der Waals surface area (Å²) >= 11 is 0. The van der Waals surface area contributed by atoms with Crippen LogP contribution < -0.4 is 10.6 Å². The zero-order valence-corrected chi connectivity index (χ0v) is 9.77. The van der Waals surface area contributed by atoms with Gasteiger partial charge in [0, 0.05) is 12.6 Å². The van der Waals surface area contributed by atoms with Crippen LogP contribution in [0.4, 0.5) is 15.8 Å². The van der Waals surface area contributed by atoms with Crippen LogP contribution in [0.1, 0.15) is 23.2 Å². The lowest BCUT2D eigenvalue weighted by atomic mass is 10.1. The van der Waals surface area contributed by atoms with Gasteiger partial charge in [-0.3, -0.25) is 0 Å². The van der Waals surface area contributed by atoms with Crippen molar-refractivity contribution in [3.63, 3.8) is 0 Å². The minimum absolute atomic E-state index is 0.0904. The van der Waals surface area contributed by atoms with Gasteiger partial charge in [0.25, 0.3) is 0 Å². The molecule has 2 rings (SSSR count). The fourth-order valence-corrected chi connectivity index (χ4v) is 2.04. The van der Waals surface area contributed by atoms with Crippen LogP contribution >= 0.6 is 0 Å².